The van der Waals surface area contributed by atoms with Crippen molar-refractivity contribution in [3.8, 4) is 0 Å². The van der Waals surface area contributed by atoms with E-state index >= 15 is 0 Å². The fourth-order valence-electron chi connectivity index (χ4n) is 1.89. The molecule has 0 radical (unpaired) electrons. The molecule has 1 aromatic rings. The van der Waals surface area contributed by atoms with Crippen LogP contribution in [0.25, 0.3) is 0 Å². The number of aliphatic imine (C=N–C) groups is 1. The number of barbiturate groups is 1. The first kappa shape index (κ1) is 16.4. The zero-order valence-corrected chi connectivity index (χ0v) is 13.8. The molecule has 1 unspecified atom stereocenters. The second-order valence-electron chi connectivity index (χ2n) is 4.98. The van der Waals surface area contributed by atoms with Crippen LogP contribution in [0.4, 0.5) is 10.5 Å². The van der Waals surface area contributed by atoms with E-state index in [4.69, 9.17) is 0 Å². The summed E-state index contributed by atoms with van der Waals surface area (Å²) >= 11 is 3.29. The summed E-state index contributed by atoms with van der Waals surface area (Å²) in [4.78, 5) is 41.4. The zero-order chi connectivity index (χ0) is 16.3. The average Bonchev–Trinajstić information content (AvgIpc) is 2.48. The SMILES string of the molecule is CC[C@H](C)N=CC1C(=O)NC(=O)N(c2ccc(Br)cc2)C1=O. The molecule has 1 aliphatic heterocycles. The Morgan fingerprint density at radius 1 is 1.32 bits per heavy atom. The van der Waals surface area contributed by atoms with Gasteiger partial charge in [0.25, 0.3) is 5.91 Å². The number of benzene rings is 1. The fraction of sp³-hybridized carbons (Fsp3) is 0.333. The number of imide groups is 2. The number of nitrogens with one attached hydrogen (secondary N) is 1. The minimum absolute atomic E-state index is 0.0133. The monoisotopic (exact) mass is 365 g/mol. The molecule has 116 valence electrons. The van der Waals surface area contributed by atoms with Crippen LogP contribution in [0.3, 0.4) is 0 Å². The molecular formula is C15H16BrN3O3. The molecule has 4 amide bonds. The van der Waals surface area contributed by atoms with Crippen molar-refractivity contribution in [2.24, 2.45) is 10.9 Å². The van der Waals surface area contributed by atoms with Crippen molar-refractivity contribution in [1.82, 2.24) is 5.32 Å². The average molecular weight is 366 g/mol. The fourth-order valence-corrected chi connectivity index (χ4v) is 2.16. The molecule has 0 saturated carbocycles. The number of halogens is 1. The third-order valence-corrected chi connectivity index (χ3v) is 3.90. The van der Waals surface area contributed by atoms with Crippen molar-refractivity contribution in [2.45, 2.75) is 26.3 Å². The predicted molar refractivity (Wildman–Crippen MR) is 86.9 cm³/mol. The van der Waals surface area contributed by atoms with Gasteiger partial charge >= 0.3 is 6.03 Å². The van der Waals surface area contributed by atoms with Crippen LogP contribution in [-0.2, 0) is 9.59 Å². The Morgan fingerprint density at radius 3 is 2.55 bits per heavy atom. The van der Waals surface area contributed by atoms with E-state index in [0.717, 1.165) is 15.8 Å². The summed E-state index contributed by atoms with van der Waals surface area (Å²) in [5, 5.41) is 2.19. The van der Waals surface area contributed by atoms with Gasteiger partial charge in [0, 0.05) is 16.7 Å². The van der Waals surface area contributed by atoms with Crippen LogP contribution < -0.4 is 10.2 Å². The van der Waals surface area contributed by atoms with E-state index in [1.165, 1.54) is 6.21 Å². The van der Waals surface area contributed by atoms with Gasteiger partial charge in [-0.15, -0.1) is 0 Å². The van der Waals surface area contributed by atoms with Crippen LogP contribution in [0, 0.1) is 5.92 Å². The van der Waals surface area contributed by atoms with E-state index in [1.54, 1.807) is 24.3 Å². The van der Waals surface area contributed by atoms with E-state index in [9.17, 15) is 14.4 Å². The van der Waals surface area contributed by atoms with Gasteiger partial charge in [0.15, 0.2) is 5.92 Å². The molecule has 1 aromatic carbocycles. The molecule has 1 fully saturated rings. The lowest BCUT2D eigenvalue weighted by molar-refractivity contribution is -0.131. The highest BCUT2D eigenvalue weighted by molar-refractivity contribution is 9.10. The molecule has 22 heavy (non-hydrogen) atoms. The van der Waals surface area contributed by atoms with Crippen molar-refractivity contribution < 1.29 is 14.4 Å². The standard InChI is InChI=1S/C15H16BrN3O3/c1-3-9(2)17-8-12-13(20)18-15(22)19(14(12)21)11-6-4-10(16)5-7-11/h4-9,12H,3H2,1-2H3,(H,18,20,22)/t9-,12?/m0/s1. The summed E-state index contributed by atoms with van der Waals surface area (Å²) in [6, 6.07) is 5.95. The molecule has 1 heterocycles. The quantitative estimate of drug-likeness (QED) is 0.657. The van der Waals surface area contributed by atoms with Gasteiger partial charge in [-0.25, -0.2) is 9.69 Å². The number of hydrogen-bond acceptors (Lipinski definition) is 4. The first-order valence-electron chi connectivity index (χ1n) is 6.91. The number of amides is 4. The Balaban J connectivity index is 2.29. The first-order valence-corrected chi connectivity index (χ1v) is 7.71. The molecular weight excluding hydrogens is 350 g/mol. The van der Waals surface area contributed by atoms with Gasteiger partial charge in [-0.1, -0.05) is 22.9 Å². The number of rotatable bonds is 4. The molecule has 2 atom stereocenters. The summed E-state index contributed by atoms with van der Waals surface area (Å²) in [7, 11) is 0. The lowest BCUT2D eigenvalue weighted by Crippen LogP contribution is -2.58. The maximum absolute atomic E-state index is 12.5. The van der Waals surface area contributed by atoms with E-state index in [1.807, 2.05) is 13.8 Å². The molecule has 1 aliphatic rings. The molecule has 0 spiro atoms. The van der Waals surface area contributed by atoms with E-state index in [0.29, 0.717) is 5.69 Å². The van der Waals surface area contributed by atoms with Crippen LogP contribution >= 0.6 is 15.9 Å². The Bertz CT molecular complexity index is 627. The molecule has 2 rings (SSSR count). The second-order valence-corrected chi connectivity index (χ2v) is 5.89. The Hall–Kier alpha value is -2.02. The second kappa shape index (κ2) is 6.83. The van der Waals surface area contributed by atoms with Crippen molar-refractivity contribution >= 4 is 45.7 Å². The molecule has 0 aromatic heterocycles. The molecule has 1 saturated heterocycles. The number of hydrogen-bond donors (Lipinski definition) is 1. The Labute approximate surface area is 136 Å². The first-order chi connectivity index (χ1) is 10.4. The summed E-state index contributed by atoms with van der Waals surface area (Å²) in [6.45, 7) is 3.85. The Morgan fingerprint density at radius 2 is 1.95 bits per heavy atom. The van der Waals surface area contributed by atoms with Crippen molar-refractivity contribution in [3.05, 3.63) is 28.7 Å². The van der Waals surface area contributed by atoms with Crippen LogP contribution in [0.1, 0.15) is 20.3 Å². The lowest BCUT2D eigenvalue weighted by atomic mass is 10.1. The van der Waals surface area contributed by atoms with Crippen LogP contribution in [0.5, 0.6) is 0 Å². The largest absolute Gasteiger partial charge is 0.335 e. The highest BCUT2D eigenvalue weighted by atomic mass is 79.9. The summed E-state index contributed by atoms with van der Waals surface area (Å²) < 4.78 is 0.826. The number of nitrogens with zero attached hydrogens (tertiary/aromatic N) is 2. The lowest BCUT2D eigenvalue weighted by Gasteiger charge is -2.28. The number of anilines is 1. The van der Waals surface area contributed by atoms with Crippen molar-refractivity contribution in [2.75, 3.05) is 4.90 Å². The minimum atomic E-state index is -1.09. The maximum atomic E-state index is 12.5. The van der Waals surface area contributed by atoms with E-state index in [2.05, 4.69) is 26.2 Å². The van der Waals surface area contributed by atoms with Crippen LogP contribution in [0.15, 0.2) is 33.7 Å². The highest BCUT2D eigenvalue weighted by Crippen LogP contribution is 2.22. The van der Waals surface area contributed by atoms with Gasteiger partial charge in [-0.05, 0) is 37.6 Å². The molecule has 1 N–H and O–H groups in total. The molecule has 0 bridgehead atoms. The Kier molecular flexibility index (Phi) is 5.07. The number of carbonyl (C=O) groups is 3. The van der Waals surface area contributed by atoms with Gasteiger partial charge < -0.3 is 0 Å². The van der Waals surface area contributed by atoms with E-state index < -0.39 is 23.8 Å². The van der Waals surface area contributed by atoms with Gasteiger partial charge in [0.1, 0.15) is 0 Å². The number of urea groups is 1. The molecule has 6 nitrogen and oxygen atoms in total. The summed E-state index contributed by atoms with van der Waals surface area (Å²) in [5.41, 5.74) is 0.403. The third-order valence-electron chi connectivity index (χ3n) is 3.37. The summed E-state index contributed by atoms with van der Waals surface area (Å²) in [5.74, 6) is -2.33. The summed E-state index contributed by atoms with van der Waals surface area (Å²) in [6.07, 6.45) is 2.12. The minimum Gasteiger partial charge on any atom is -0.293 e. The van der Waals surface area contributed by atoms with Crippen molar-refractivity contribution in [1.29, 1.82) is 0 Å². The zero-order valence-electron chi connectivity index (χ0n) is 12.2. The smallest absolute Gasteiger partial charge is 0.293 e. The van der Waals surface area contributed by atoms with Crippen molar-refractivity contribution in [3.63, 3.8) is 0 Å². The maximum Gasteiger partial charge on any atom is 0.335 e. The van der Waals surface area contributed by atoms with Gasteiger partial charge in [0.05, 0.1) is 5.69 Å². The highest BCUT2D eigenvalue weighted by Gasteiger charge is 2.40. The topological polar surface area (TPSA) is 78.8 Å². The molecule has 0 aliphatic carbocycles. The predicted octanol–water partition coefficient (Wildman–Crippen LogP) is 2.52. The van der Waals surface area contributed by atoms with Crippen LogP contribution in [0.2, 0.25) is 0 Å². The van der Waals surface area contributed by atoms with Gasteiger partial charge in [-0.2, -0.15) is 0 Å². The normalized spacial score (nSPS) is 20.4. The van der Waals surface area contributed by atoms with Gasteiger partial charge in [0.2, 0.25) is 5.91 Å². The van der Waals surface area contributed by atoms with Crippen LogP contribution in [-0.4, -0.2) is 30.1 Å². The third kappa shape index (κ3) is 3.41. The molecule has 7 heteroatoms. The van der Waals surface area contributed by atoms with E-state index in [-0.39, 0.29) is 6.04 Å². The van der Waals surface area contributed by atoms with Gasteiger partial charge in [-0.3, -0.25) is 19.9 Å². The number of carbonyl (C=O) groups excluding carboxylic acids is 3.